The molecule has 0 spiro atoms. The largest absolute Gasteiger partial charge is 0.438 e. The Morgan fingerprint density at radius 3 is 2.85 bits per heavy atom. The van der Waals surface area contributed by atoms with Gasteiger partial charge in [-0.2, -0.15) is 9.97 Å². The number of nitrogens with one attached hydrogen (secondary N) is 3. The van der Waals surface area contributed by atoms with E-state index in [4.69, 9.17) is 4.74 Å². The minimum atomic E-state index is -0.297. The average Bonchev–Trinajstić information content (AvgIpc) is 3.29. The maximum atomic E-state index is 11.6. The first-order valence-electron chi connectivity index (χ1n) is 10.6. The standard InChI is InChI=1S/C24H25N7O2/c1-4-13-31(3)20-10-9-17(15-26-20)28-24-29-22-19(11-12-25-22)23(30-24)33-18-8-6-7-16(14-18)27-21(32)5-2/h5-12,14-15H,2,4,13H2,1,3H3,(H,27,32)(H2,25,28,29,30). The van der Waals surface area contributed by atoms with Gasteiger partial charge in [-0.15, -0.1) is 0 Å². The molecule has 3 heterocycles. The fourth-order valence-electron chi connectivity index (χ4n) is 3.25. The molecule has 0 aliphatic heterocycles. The second-order valence-electron chi connectivity index (χ2n) is 7.37. The summed E-state index contributed by atoms with van der Waals surface area (Å²) < 4.78 is 6.05. The molecule has 0 aliphatic carbocycles. The minimum Gasteiger partial charge on any atom is -0.438 e. The van der Waals surface area contributed by atoms with Crippen LogP contribution in [0.5, 0.6) is 11.6 Å². The highest BCUT2D eigenvalue weighted by Crippen LogP contribution is 2.30. The van der Waals surface area contributed by atoms with Crippen molar-refractivity contribution in [1.29, 1.82) is 0 Å². The van der Waals surface area contributed by atoms with Crippen LogP contribution in [0.2, 0.25) is 0 Å². The molecule has 9 nitrogen and oxygen atoms in total. The van der Waals surface area contributed by atoms with Gasteiger partial charge < -0.3 is 25.3 Å². The quantitative estimate of drug-likeness (QED) is 0.317. The zero-order chi connectivity index (χ0) is 23.2. The lowest BCUT2D eigenvalue weighted by molar-refractivity contribution is -0.111. The van der Waals surface area contributed by atoms with E-state index in [0.717, 1.165) is 29.9 Å². The summed E-state index contributed by atoms with van der Waals surface area (Å²) in [6.07, 6.45) is 5.78. The highest BCUT2D eigenvalue weighted by Gasteiger charge is 2.12. The lowest BCUT2D eigenvalue weighted by atomic mass is 10.3. The van der Waals surface area contributed by atoms with Crippen LogP contribution in [0.3, 0.4) is 0 Å². The number of nitrogens with zero attached hydrogens (tertiary/aromatic N) is 4. The number of aromatic nitrogens is 4. The molecule has 0 atom stereocenters. The molecule has 9 heteroatoms. The zero-order valence-electron chi connectivity index (χ0n) is 18.5. The Hall–Kier alpha value is -4.40. The van der Waals surface area contributed by atoms with E-state index in [1.165, 1.54) is 6.08 Å². The van der Waals surface area contributed by atoms with Crippen molar-refractivity contribution in [3.8, 4) is 11.6 Å². The molecule has 0 unspecified atom stereocenters. The van der Waals surface area contributed by atoms with Gasteiger partial charge in [0.1, 0.15) is 17.2 Å². The van der Waals surface area contributed by atoms with Crippen molar-refractivity contribution in [2.24, 2.45) is 0 Å². The predicted octanol–water partition coefficient (Wildman–Crippen LogP) is 4.86. The average molecular weight is 444 g/mol. The van der Waals surface area contributed by atoms with Crippen molar-refractivity contribution in [3.63, 3.8) is 0 Å². The number of anilines is 4. The Balaban J connectivity index is 1.57. The number of hydrogen-bond donors (Lipinski definition) is 3. The van der Waals surface area contributed by atoms with Gasteiger partial charge in [0.15, 0.2) is 0 Å². The smallest absolute Gasteiger partial charge is 0.247 e. The Bertz CT molecular complexity index is 1270. The van der Waals surface area contributed by atoms with Crippen LogP contribution in [-0.2, 0) is 4.79 Å². The first-order valence-corrected chi connectivity index (χ1v) is 10.6. The number of H-pyrrole nitrogens is 1. The molecule has 1 amide bonds. The van der Waals surface area contributed by atoms with Crippen LogP contribution in [0.1, 0.15) is 13.3 Å². The first kappa shape index (κ1) is 21.8. The fourth-order valence-corrected chi connectivity index (χ4v) is 3.25. The van der Waals surface area contributed by atoms with Crippen LogP contribution in [0.4, 0.5) is 23.1 Å². The summed E-state index contributed by atoms with van der Waals surface area (Å²) in [5.41, 5.74) is 1.98. The fraction of sp³-hybridized carbons (Fsp3) is 0.167. The number of rotatable bonds is 9. The number of hydrogen-bond acceptors (Lipinski definition) is 7. The molecule has 3 N–H and O–H groups in total. The number of ether oxygens (including phenoxy) is 1. The van der Waals surface area contributed by atoms with Gasteiger partial charge in [0, 0.05) is 31.5 Å². The van der Waals surface area contributed by atoms with E-state index >= 15 is 0 Å². The number of fused-ring (bicyclic) bond motifs is 1. The van der Waals surface area contributed by atoms with Gasteiger partial charge in [-0.3, -0.25) is 4.79 Å². The number of benzene rings is 1. The molecule has 4 rings (SSSR count). The topological polar surface area (TPSA) is 108 Å². The molecular weight excluding hydrogens is 418 g/mol. The van der Waals surface area contributed by atoms with Gasteiger partial charge in [0.25, 0.3) is 0 Å². The summed E-state index contributed by atoms with van der Waals surface area (Å²) in [4.78, 5) is 30.4. The summed E-state index contributed by atoms with van der Waals surface area (Å²) in [7, 11) is 2.02. The van der Waals surface area contributed by atoms with E-state index < -0.39 is 0 Å². The van der Waals surface area contributed by atoms with Crippen LogP contribution in [0, 0.1) is 0 Å². The Kier molecular flexibility index (Phi) is 6.49. The molecule has 0 fully saturated rings. The van der Waals surface area contributed by atoms with Crippen molar-refractivity contribution in [2.45, 2.75) is 13.3 Å². The van der Waals surface area contributed by atoms with Crippen LogP contribution in [0.25, 0.3) is 11.0 Å². The van der Waals surface area contributed by atoms with Crippen molar-refractivity contribution in [1.82, 2.24) is 19.9 Å². The molecule has 33 heavy (non-hydrogen) atoms. The zero-order valence-corrected chi connectivity index (χ0v) is 18.5. The molecule has 0 bridgehead atoms. The SMILES string of the molecule is C=CC(=O)Nc1cccc(Oc2nc(Nc3ccc(N(C)CCC)nc3)nc3[nH]ccc23)c1. The number of carbonyl (C=O) groups is 1. The van der Waals surface area contributed by atoms with Crippen molar-refractivity contribution >= 4 is 40.1 Å². The summed E-state index contributed by atoms with van der Waals surface area (Å²) in [5, 5.41) is 6.63. The summed E-state index contributed by atoms with van der Waals surface area (Å²) in [6, 6.07) is 12.8. The summed E-state index contributed by atoms with van der Waals surface area (Å²) in [6.45, 7) is 6.53. The summed E-state index contributed by atoms with van der Waals surface area (Å²) in [5.74, 6) is 1.87. The van der Waals surface area contributed by atoms with Gasteiger partial charge in [-0.1, -0.05) is 19.6 Å². The van der Waals surface area contributed by atoms with E-state index in [1.807, 2.05) is 25.2 Å². The molecule has 4 aromatic rings. The van der Waals surface area contributed by atoms with E-state index in [2.05, 4.69) is 49.0 Å². The molecular formula is C24H25N7O2. The minimum absolute atomic E-state index is 0.297. The van der Waals surface area contributed by atoms with E-state index in [0.29, 0.717) is 28.9 Å². The third-order valence-corrected chi connectivity index (χ3v) is 4.84. The van der Waals surface area contributed by atoms with Crippen LogP contribution < -0.4 is 20.3 Å². The number of aromatic amines is 1. The van der Waals surface area contributed by atoms with Crippen LogP contribution in [-0.4, -0.2) is 39.4 Å². The van der Waals surface area contributed by atoms with E-state index in [1.54, 1.807) is 36.7 Å². The van der Waals surface area contributed by atoms with Crippen molar-refractivity contribution in [2.75, 3.05) is 29.1 Å². The van der Waals surface area contributed by atoms with Crippen LogP contribution >= 0.6 is 0 Å². The molecule has 0 radical (unpaired) electrons. The number of carbonyl (C=O) groups excluding carboxylic acids is 1. The second-order valence-corrected chi connectivity index (χ2v) is 7.37. The lowest BCUT2D eigenvalue weighted by Gasteiger charge is -2.17. The predicted molar refractivity (Wildman–Crippen MR) is 130 cm³/mol. The van der Waals surface area contributed by atoms with E-state index in [9.17, 15) is 4.79 Å². The monoisotopic (exact) mass is 443 g/mol. The highest BCUT2D eigenvalue weighted by atomic mass is 16.5. The highest BCUT2D eigenvalue weighted by molar-refractivity contribution is 5.99. The molecule has 168 valence electrons. The van der Waals surface area contributed by atoms with Gasteiger partial charge in [-0.05, 0) is 42.8 Å². The summed E-state index contributed by atoms with van der Waals surface area (Å²) >= 11 is 0. The molecule has 0 aliphatic rings. The number of pyridine rings is 1. The maximum Gasteiger partial charge on any atom is 0.247 e. The Morgan fingerprint density at radius 2 is 2.09 bits per heavy atom. The maximum absolute atomic E-state index is 11.6. The first-order chi connectivity index (χ1) is 16.1. The lowest BCUT2D eigenvalue weighted by Crippen LogP contribution is -2.18. The Labute approximate surface area is 191 Å². The van der Waals surface area contributed by atoms with Gasteiger partial charge in [0.2, 0.25) is 17.7 Å². The van der Waals surface area contributed by atoms with Crippen molar-refractivity contribution < 1.29 is 9.53 Å². The normalized spacial score (nSPS) is 10.6. The molecule has 0 saturated heterocycles. The molecule has 0 saturated carbocycles. The third kappa shape index (κ3) is 5.27. The van der Waals surface area contributed by atoms with Gasteiger partial charge >= 0.3 is 0 Å². The van der Waals surface area contributed by atoms with E-state index in [-0.39, 0.29) is 5.91 Å². The second kappa shape index (κ2) is 9.82. The molecule has 1 aromatic carbocycles. The van der Waals surface area contributed by atoms with Crippen molar-refractivity contribution in [3.05, 3.63) is 67.5 Å². The molecule has 3 aromatic heterocycles. The third-order valence-electron chi connectivity index (χ3n) is 4.84. The van der Waals surface area contributed by atoms with Gasteiger partial charge in [-0.25, -0.2) is 4.98 Å². The number of amides is 1. The van der Waals surface area contributed by atoms with Gasteiger partial charge in [0.05, 0.1) is 17.3 Å². The Morgan fingerprint density at radius 1 is 1.21 bits per heavy atom. The van der Waals surface area contributed by atoms with Crippen LogP contribution in [0.15, 0.2) is 67.5 Å².